The van der Waals surface area contributed by atoms with E-state index in [4.69, 9.17) is 14.5 Å². The van der Waals surface area contributed by atoms with Crippen molar-refractivity contribution in [2.75, 3.05) is 19.7 Å². The zero-order valence-corrected chi connectivity index (χ0v) is 11.8. The highest BCUT2D eigenvalue weighted by Crippen LogP contribution is 2.21. The molecule has 1 aliphatic heterocycles. The zero-order valence-electron chi connectivity index (χ0n) is 11.8. The Morgan fingerprint density at radius 2 is 2.35 bits per heavy atom. The molecule has 20 heavy (non-hydrogen) atoms. The first-order chi connectivity index (χ1) is 9.60. The van der Waals surface area contributed by atoms with E-state index in [0.717, 1.165) is 13.1 Å². The van der Waals surface area contributed by atoms with Gasteiger partial charge in [0, 0.05) is 19.1 Å². The van der Waals surface area contributed by atoms with Crippen LogP contribution in [0.4, 0.5) is 0 Å². The largest absolute Gasteiger partial charge is 0.392 e. The topological polar surface area (TPSA) is 95.4 Å². The quantitative estimate of drug-likeness (QED) is 0.846. The lowest BCUT2D eigenvalue weighted by Gasteiger charge is -2.34. The Balaban J connectivity index is 1.96. The van der Waals surface area contributed by atoms with Gasteiger partial charge in [0.05, 0.1) is 31.6 Å². The van der Waals surface area contributed by atoms with Crippen LogP contribution in [0.2, 0.25) is 0 Å². The Labute approximate surface area is 118 Å². The summed E-state index contributed by atoms with van der Waals surface area (Å²) in [7, 11) is 0. The summed E-state index contributed by atoms with van der Waals surface area (Å²) >= 11 is 0. The third kappa shape index (κ3) is 3.76. The fourth-order valence-electron chi connectivity index (χ4n) is 2.16. The summed E-state index contributed by atoms with van der Waals surface area (Å²) in [5.41, 5.74) is 0. The average Bonchev–Trinajstić information content (AvgIpc) is 2.87. The van der Waals surface area contributed by atoms with Gasteiger partial charge in [-0.05, 0) is 13.8 Å². The van der Waals surface area contributed by atoms with Crippen LogP contribution in [0.15, 0.2) is 4.52 Å². The summed E-state index contributed by atoms with van der Waals surface area (Å²) in [6, 6.07) is 2.35. The Bertz CT molecular complexity index is 468. The van der Waals surface area contributed by atoms with Gasteiger partial charge in [0.25, 0.3) is 0 Å². The van der Waals surface area contributed by atoms with E-state index in [1.165, 1.54) is 0 Å². The maximum atomic E-state index is 9.55. The van der Waals surface area contributed by atoms with Gasteiger partial charge < -0.3 is 14.4 Å². The zero-order chi connectivity index (χ0) is 14.5. The Hall–Kier alpha value is -1.49. The van der Waals surface area contributed by atoms with Gasteiger partial charge in [0.2, 0.25) is 11.7 Å². The number of hydrogen-bond donors (Lipinski definition) is 1. The van der Waals surface area contributed by atoms with Crippen molar-refractivity contribution >= 4 is 0 Å². The predicted molar refractivity (Wildman–Crippen MR) is 69.6 cm³/mol. The van der Waals surface area contributed by atoms with Gasteiger partial charge in [-0.25, -0.2) is 0 Å². The van der Waals surface area contributed by atoms with Crippen LogP contribution < -0.4 is 0 Å². The van der Waals surface area contributed by atoms with Gasteiger partial charge in [-0.3, -0.25) is 4.90 Å². The van der Waals surface area contributed by atoms with E-state index in [2.05, 4.69) is 28.9 Å². The molecule has 0 saturated carbocycles. The van der Waals surface area contributed by atoms with Crippen molar-refractivity contribution in [3.8, 4) is 6.07 Å². The molecule has 0 radical (unpaired) electrons. The first-order valence-electron chi connectivity index (χ1n) is 6.83. The Kier molecular flexibility index (Phi) is 5.06. The maximum absolute atomic E-state index is 9.55. The molecule has 110 valence electrons. The van der Waals surface area contributed by atoms with Gasteiger partial charge in [0.15, 0.2) is 0 Å². The molecule has 0 aromatic carbocycles. The van der Waals surface area contributed by atoms with Crippen molar-refractivity contribution in [1.82, 2.24) is 15.0 Å². The second kappa shape index (κ2) is 6.79. The van der Waals surface area contributed by atoms with E-state index in [9.17, 15) is 5.11 Å². The van der Waals surface area contributed by atoms with Crippen LogP contribution in [-0.4, -0.2) is 52.0 Å². The summed E-state index contributed by atoms with van der Waals surface area (Å²) in [5, 5.41) is 22.0. The smallest absolute Gasteiger partial charge is 0.229 e. The minimum absolute atomic E-state index is 0.0543. The van der Waals surface area contributed by atoms with Crippen LogP contribution in [0.25, 0.3) is 0 Å². The van der Waals surface area contributed by atoms with Gasteiger partial charge in [-0.2, -0.15) is 10.2 Å². The van der Waals surface area contributed by atoms with Crippen LogP contribution in [0.5, 0.6) is 0 Å². The molecule has 1 N–H and O–H groups in total. The molecule has 1 fully saturated rings. The fraction of sp³-hybridized carbons (Fsp3) is 0.769. The predicted octanol–water partition coefficient (Wildman–Crippen LogP) is 0.668. The van der Waals surface area contributed by atoms with Crippen LogP contribution in [0.1, 0.15) is 38.1 Å². The summed E-state index contributed by atoms with van der Waals surface area (Å²) in [6.07, 6.45) is -0.718. The van der Waals surface area contributed by atoms with Crippen molar-refractivity contribution < 1.29 is 14.4 Å². The number of aromatic nitrogens is 2. The number of nitriles is 1. The van der Waals surface area contributed by atoms with Gasteiger partial charge in [0.1, 0.15) is 6.10 Å². The monoisotopic (exact) mass is 280 g/mol. The molecule has 1 aliphatic rings. The van der Waals surface area contributed by atoms with E-state index >= 15 is 0 Å². The van der Waals surface area contributed by atoms with Crippen molar-refractivity contribution in [3.05, 3.63) is 11.7 Å². The molecular formula is C13H20N4O3. The first kappa shape index (κ1) is 14.9. The Morgan fingerprint density at radius 1 is 1.55 bits per heavy atom. The SMILES string of the molecule is CC(C)N1CCOC(c2noc(CC(O)CC#N)n2)C1. The maximum Gasteiger partial charge on any atom is 0.229 e. The third-order valence-corrected chi connectivity index (χ3v) is 3.34. The summed E-state index contributed by atoms with van der Waals surface area (Å²) in [6.45, 7) is 6.56. The minimum Gasteiger partial charge on any atom is -0.392 e. The molecule has 7 nitrogen and oxygen atoms in total. The number of aliphatic hydroxyl groups is 1. The van der Waals surface area contributed by atoms with Crippen molar-refractivity contribution in [1.29, 1.82) is 5.26 Å². The van der Waals surface area contributed by atoms with Crippen LogP contribution >= 0.6 is 0 Å². The van der Waals surface area contributed by atoms with E-state index in [1.807, 2.05) is 6.07 Å². The highest BCUT2D eigenvalue weighted by Gasteiger charge is 2.27. The molecule has 0 aliphatic carbocycles. The lowest BCUT2D eigenvalue weighted by molar-refractivity contribution is -0.0450. The molecule has 0 spiro atoms. The highest BCUT2D eigenvalue weighted by molar-refractivity contribution is 4.96. The van der Waals surface area contributed by atoms with E-state index in [-0.39, 0.29) is 18.9 Å². The van der Waals surface area contributed by atoms with E-state index < -0.39 is 6.10 Å². The Morgan fingerprint density at radius 3 is 3.05 bits per heavy atom. The van der Waals surface area contributed by atoms with Crippen LogP contribution in [0, 0.1) is 11.3 Å². The lowest BCUT2D eigenvalue weighted by Crippen LogP contribution is -2.42. The molecule has 0 amide bonds. The molecule has 0 bridgehead atoms. The van der Waals surface area contributed by atoms with Gasteiger partial charge >= 0.3 is 0 Å². The first-order valence-corrected chi connectivity index (χ1v) is 6.83. The third-order valence-electron chi connectivity index (χ3n) is 3.34. The molecule has 2 heterocycles. The molecule has 1 aromatic heterocycles. The number of rotatable bonds is 5. The highest BCUT2D eigenvalue weighted by atomic mass is 16.5. The molecule has 1 saturated heterocycles. The van der Waals surface area contributed by atoms with E-state index in [0.29, 0.717) is 24.4 Å². The number of aliphatic hydroxyl groups excluding tert-OH is 1. The van der Waals surface area contributed by atoms with E-state index in [1.54, 1.807) is 0 Å². The summed E-state index contributed by atoms with van der Waals surface area (Å²) < 4.78 is 10.8. The lowest BCUT2D eigenvalue weighted by atomic mass is 10.2. The fourth-order valence-corrected chi connectivity index (χ4v) is 2.16. The molecule has 7 heteroatoms. The van der Waals surface area contributed by atoms with Crippen LogP contribution in [0.3, 0.4) is 0 Å². The normalized spacial score (nSPS) is 21.9. The molecule has 2 atom stereocenters. The van der Waals surface area contributed by atoms with Crippen molar-refractivity contribution in [3.63, 3.8) is 0 Å². The molecule has 2 unspecified atom stereocenters. The second-order valence-corrected chi connectivity index (χ2v) is 5.21. The van der Waals surface area contributed by atoms with Crippen molar-refractivity contribution in [2.45, 2.75) is 44.9 Å². The summed E-state index contributed by atoms with van der Waals surface area (Å²) in [5.74, 6) is 0.850. The number of hydrogen-bond acceptors (Lipinski definition) is 7. The summed E-state index contributed by atoms with van der Waals surface area (Å²) in [4.78, 5) is 6.55. The average molecular weight is 280 g/mol. The van der Waals surface area contributed by atoms with Crippen LogP contribution in [-0.2, 0) is 11.2 Å². The molecule has 2 rings (SSSR count). The van der Waals surface area contributed by atoms with Gasteiger partial charge in [-0.15, -0.1) is 0 Å². The standard InChI is InChI=1S/C13H20N4O3/c1-9(2)17-5-6-19-11(8-17)13-15-12(20-16-13)7-10(18)3-4-14/h9-11,18H,3,5-8H2,1-2H3. The van der Waals surface area contributed by atoms with Crippen molar-refractivity contribution in [2.24, 2.45) is 0 Å². The number of morpholine rings is 1. The molecular weight excluding hydrogens is 260 g/mol. The second-order valence-electron chi connectivity index (χ2n) is 5.21. The number of ether oxygens (including phenoxy) is 1. The minimum atomic E-state index is -0.771. The molecule has 1 aromatic rings. The number of nitrogens with zero attached hydrogens (tertiary/aromatic N) is 4. The van der Waals surface area contributed by atoms with Gasteiger partial charge in [-0.1, -0.05) is 5.16 Å².